The number of benzene rings is 1. The predicted molar refractivity (Wildman–Crippen MR) is 79.4 cm³/mol. The molecule has 1 saturated carbocycles. The number of nitriles is 1. The molecule has 1 aromatic carbocycles. The summed E-state index contributed by atoms with van der Waals surface area (Å²) in [6, 6.07) is 4.85. The van der Waals surface area contributed by atoms with Crippen LogP contribution in [0.1, 0.15) is 23.2 Å². The van der Waals surface area contributed by atoms with Crippen LogP contribution < -0.4 is 0 Å². The Morgan fingerprint density at radius 1 is 1.40 bits per heavy atom. The third-order valence-corrected chi connectivity index (χ3v) is 4.92. The van der Waals surface area contributed by atoms with Crippen LogP contribution in [0.5, 0.6) is 0 Å². The summed E-state index contributed by atoms with van der Waals surface area (Å²) in [6.45, 7) is 0. The first kappa shape index (κ1) is 15.4. The van der Waals surface area contributed by atoms with Crippen LogP contribution in [-0.2, 0) is 4.79 Å². The molecule has 0 aliphatic heterocycles. The molecule has 1 fully saturated rings. The summed E-state index contributed by atoms with van der Waals surface area (Å²) >= 11 is 13.3. The highest BCUT2D eigenvalue weighted by Crippen LogP contribution is 2.37. The highest BCUT2D eigenvalue weighted by Gasteiger charge is 2.39. The molecule has 0 radical (unpaired) electrons. The first-order valence-electron chi connectivity index (χ1n) is 6.00. The van der Waals surface area contributed by atoms with Crippen molar-refractivity contribution in [2.45, 2.75) is 17.7 Å². The van der Waals surface area contributed by atoms with Gasteiger partial charge in [-0.2, -0.15) is 5.26 Å². The molecule has 6 heteroatoms. The Hall–Kier alpha value is -1.02. The molecule has 1 aliphatic rings. The molecule has 20 heavy (non-hydrogen) atoms. The van der Waals surface area contributed by atoms with E-state index < -0.39 is 11.7 Å². The van der Waals surface area contributed by atoms with Crippen LogP contribution in [0.25, 0.3) is 0 Å². The first-order valence-corrected chi connectivity index (χ1v) is 7.98. The molecular formula is C14H11Cl2NO2S. The van der Waals surface area contributed by atoms with Crippen molar-refractivity contribution >= 4 is 46.5 Å². The molecule has 1 unspecified atom stereocenters. The molecular weight excluding hydrogens is 317 g/mol. The van der Waals surface area contributed by atoms with Crippen molar-refractivity contribution in [3.05, 3.63) is 27.7 Å². The molecule has 1 aromatic rings. The lowest BCUT2D eigenvalue weighted by Gasteiger charge is -2.12. The normalized spacial score (nSPS) is 15.5. The summed E-state index contributed by atoms with van der Waals surface area (Å²) in [6.07, 6.45) is 3.29. The number of Topliss-reactive ketones (excluding diaryl/α,β-unsaturated/α-hetero) is 2. The van der Waals surface area contributed by atoms with Crippen LogP contribution in [0.2, 0.25) is 10.0 Å². The monoisotopic (exact) mass is 327 g/mol. The van der Waals surface area contributed by atoms with Crippen molar-refractivity contribution in [3.8, 4) is 6.07 Å². The van der Waals surface area contributed by atoms with E-state index in [9.17, 15) is 9.59 Å². The first-order chi connectivity index (χ1) is 9.51. The summed E-state index contributed by atoms with van der Waals surface area (Å²) in [5, 5.41) is 9.76. The Kier molecular flexibility index (Phi) is 4.74. The van der Waals surface area contributed by atoms with Crippen LogP contribution in [0, 0.1) is 23.2 Å². The largest absolute Gasteiger partial charge is 0.297 e. The standard InChI is InChI=1S/C14H11Cl2NO2S/c1-20-14-8(4-5-10(15)11(14)16)13(19)9(6-17)12(18)7-2-3-7/h4-5,7,9H,2-3H2,1H3. The van der Waals surface area contributed by atoms with Crippen molar-refractivity contribution in [2.24, 2.45) is 11.8 Å². The van der Waals surface area contributed by atoms with E-state index in [-0.39, 0.29) is 22.3 Å². The fourth-order valence-electron chi connectivity index (χ4n) is 1.94. The molecule has 0 amide bonds. The molecule has 0 aromatic heterocycles. The van der Waals surface area contributed by atoms with Gasteiger partial charge in [0.25, 0.3) is 0 Å². The predicted octanol–water partition coefficient (Wildman–Crippen LogP) is 4.02. The molecule has 3 nitrogen and oxygen atoms in total. The molecule has 0 bridgehead atoms. The topological polar surface area (TPSA) is 57.9 Å². The maximum atomic E-state index is 12.4. The lowest BCUT2D eigenvalue weighted by Crippen LogP contribution is -2.24. The second-order valence-corrected chi connectivity index (χ2v) is 6.15. The van der Waals surface area contributed by atoms with Crippen molar-refractivity contribution in [1.29, 1.82) is 5.26 Å². The molecule has 0 saturated heterocycles. The number of carbonyl (C=O) groups excluding carboxylic acids is 2. The highest BCUT2D eigenvalue weighted by molar-refractivity contribution is 7.98. The van der Waals surface area contributed by atoms with Crippen molar-refractivity contribution in [3.63, 3.8) is 0 Å². The van der Waals surface area contributed by atoms with Gasteiger partial charge in [-0.1, -0.05) is 23.2 Å². The SMILES string of the molecule is CSc1c(C(=O)C(C#N)C(=O)C2CC2)ccc(Cl)c1Cl. The Labute approximate surface area is 131 Å². The number of carbonyl (C=O) groups is 2. The zero-order valence-electron chi connectivity index (χ0n) is 10.7. The van der Waals surface area contributed by atoms with Gasteiger partial charge in [-0.25, -0.2) is 0 Å². The van der Waals surface area contributed by atoms with Gasteiger partial charge in [0.15, 0.2) is 17.5 Å². The Morgan fingerprint density at radius 2 is 2.05 bits per heavy atom. The number of hydrogen-bond acceptors (Lipinski definition) is 4. The van der Waals surface area contributed by atoms with E-state index in [2.05, 4.69) is 0 Å². The van der Waals surface area contributed by atoms with Gasteiger partial charge in [-0.3, -0.25) is 9.59 Å². The molecule has 0 spiro atoms. The molecule has 0 N–H and O–H groups in total. The molecule has 1 aliphatic carbocycles. The smallest absolute Gasteiger partial charge is 0.188 e. The van der Waals surface area contributed by atoms with Gasteiger partial charge in [0.05, 0.1) is 16.1 Å². The molecule has 1 atom stereocenters. The number of thioether (sulfide) groups is 1. The number of rotatable bonds is 5. The average molecular weight is 328 g/mol. The van der Waals surface area contributed by atoms with Crippen molar-refractivity contribution in [1.82, 2.24) is 0 Å². The van der Waals surface area contributed by atoms with E-state index in [0.717, 1.165) is 12.8 Å². The molecule has 0 heterocycles. The van der Waals surface area contributed by atoms with E-state index in [1.165, 1.54) is 23.9 Å². The van der Waals surface area contributed by atoms with Crippen LogP contribution in [-0.4, -0.2) is 17.8 Å². The van der Waals surface area contributed by atoms with E-state index in [1.54, 1.807) is 6.26 Å². The van der Waals surface area contributed by atoms with Gasteiger partial charge in [-0.05, 0) is 31.2 Å². The summed E-state index contributed by atoms with van der Waals surface area (Å²) in [5.74, 6) is -2.15. The summed E-state index contributed by atoms with van der Waals surface area (Å²) in [7, 11) is 0. The molecule has 104 valence electrons. The van der Waals surface area contributed by atoms with Crippen LogP contribution in [0.3, 0.4) is 0 Å². The summed E-state index contributed by atoms with van der Waals surface area (Å²) in [4.78, 5) is 24.9. The third-order valence-electron chi connectivity index (χ3n) is 3.18. The summed E-state index contributed by atoms with van der Waals surface area (Å²) < 4.78 is 0. The van der Waals surface area contributed by atoms with E-state index in [0.29, 0.717) is 9.92 Å². The van der Waals surface area contributed by atoms with Crippen LogP contribution in [0.4, 0.5) is 0 Å². The van der Waals surface area contributed by atoms with E-state index >= 15 is 0 Å². The number of nitrogens with zero attached hydrogens (tertiary/aromatic N) is 1. The zero-order chi connectivity index (χ0) is 14.9. The molecule has 2 rings (SSSR count). The fraction of sp³-hybridized carbons (Fsp3) is 0.357. The number of hydrogen-bond donors (Lipinski definition) is 0. The fourth-order valence-corrected chi connectivity index (χ4v) is 3.22. The van der Waals surface area contributed by atoms with Gasteiger partial charge in [0.2, 0.25) is 0 Å². The minimum absolute atomic E-state index is 0.135. The maximum absolute atomic E-state index is 12.4. The number of halogens is 2. The van der Waals surface area contributed by atoms with Crippen LogP contribution >= 0.6 is 35.0 Å². The Morgan fingerprint density at radius 3 is 2.55 bits per heavy atom. The van der Waals surface area contributed by atoms with E-state index in [4.69, 9.17) is 28.5 Å². The second kappa shape index (κ2) is 6.17. The Bertz CT molecular complexity index is 620. The lowest BCUT2D eigenvalue weighted by atomic mass is 9.92. The summed E-state index contributed by atoms with van der Waals surface area (Å²) in [5.41, 5.74) is 0.285. The highest BCUT2D eigenvalue weighted by atomic mass is 35.5. The average Bonchev–Trinajstić information content (AvgIpc) is 3.26. The quantitative estimate of drug-likeness (QED) is 0.465. The van der Waals surface area contributed by atoms with E-state index in [1.807, 2.05) is 6.07 Å². The van der Waals surface area contributed by atoms with Gasteiger partial charge < -0.3 is 0 Å². The minimum Gasteiger partial charge on any atom is -0.297 e. The van der Waals surface area contributed by atoms with Crippen LogP contribution in [0.15, 0.2) is 17.0 Å². The van der Waals surface area contributed by atoms with Crippen molar-refractivity contribution in [2.75, 3.05) is 6.26 Å². The van der Waals surface area contributed by atoms with Gasteiger partial charge >= 0.3 is 0 Å². The Balaban J connectivity index is 2.40. The lowest BCUT2D eigenvalue weighted by molar-refractivity contribution is -0.121. The van der Waals surface area contributed by atoms with Gasteiger partial charge in [0, 0.05) is 16.4 Å². The minimum atomic E-state index is -1.24. The van der Waals surface area contributed by atoms with Gasteiger partial charge in [0.1, 0.15) is 0 Å². The maximum Gasteiger partial charge on any atom is 0.188 e. The second-order valence-electron chi connectivity index (χ2n) is 4.55. The third kappa shape index (κ3) is 2.85. The van der Waals surface area contributed by atoms with Crippen molar-refractivity contribution < 1.29 is 9.59 Å². The zero-order valence-corrected chi connectivity index (χ0v) is 13.0. The van der Waals surface area contributed by atoms with Gasteiger partial charge in [-0.15, -0.1) is 11.8 Å². The number of ketones is 2.